The number of rotatable bonds is 5. The van der Waals surface area contributed by atoms with Crippen molar-refractivity contribution in [3.05, 3.63) is 216 Å². The first-order valence-corrected chi connectivity index (χ1v) is 19.6. The number of anilines is 3. The fraction of sp³-hybridized carbons (Fsp3) is 0.0385. The molecule has 1 atom stereocenters. The van der Waals surface area contributed by atoms with Crippen molar-refractivity contribution < 1.29 is 4.74 Å². The average molecular weight is 722 g/mol. The van der Waals surface area contributed by atoms with Crippen molar-refractivity contribution in [1.82, 2.24) is 0 Å². The molecule has 0 amide bonds. The van der Waals surface area contributed by atoms with Gasteiger partial charge in [0.05, 0.1) is 16.8 Å². The molecule has 2 nitrogen and oxygen atoms in total. The Morgan fingerprint density at radius 3 is 1.93 bits per heavy atom. The monoisotopic (exact) mass is 721 g/mol. The van der Waals surface area contributed by atoms with Crippen LogP contribution in [0.4, 0.5) is 17.1 Å². The van der Waals surface area contributed by atoms with Crippen LogP contribution in [0.3, 0.4) is 0 Å². The molecule has 0 radical (unpaired) electrons. The molecule has 1 aliphatic heterocycles. The van der Waals surface area contributed by atoms with Crippen LogP contribution in [0, 0.1) is 0 Å². The van der Waals surface area contributed by atoms with Gasteiger partial charge in [-0.3, -0.25) is 0 Å². The summed E-state index contributed by atoms with van der Waals surface area (Å²) in [4.78, 5) is 3.78. The minimum Gasteiger partial charge on any atom is -0.453 e. The minimum atomic E-state index is -0.475. The third-order valence-electron chi connectivity index (χ3n) is 11.6. The quantitative estimate of drug-likeness (QED) is 0.164. The van der Waals surface area contributed by atoms with E-state index in [9.17, 15) is 0 Å². The zero-order valence-electron chi connectivity index (χ0n) is 30.3. The van der Waals surface area contributed by atoms with E-state index in [0.29, 0.717) is 0 Å². The van der Waals surface area contributed by atoms with Gasteiger partial charge in [0.1, 0.15) is 0 Å². The summed E-state index contributed by atoms with van der Waals surface area (Å²) in [6, 6.07) is 59.3. The van der Waals surface area contributed by atoms with Crippen molar-refractivity contribution >= 4 is 44.1 Å². The fourth-order valence-corrected chi connectivity index (χ4v) is 10.7. The molecule has 1 spiro atoms. The molecule has 260 valence electrons. The maximum absolute atomic E-state index is 6.88. The van der Waals surface area contributed by atoms with Crippen molar-refractivity contribution in [2.75, 3.05) is 4.90 Å². The molecule has 11 rings (SSSR count). The van der Waals surface area contributed by atoms with E-state index in [0.717, 1.165) is 50.8 Å². The molecule has 1 unspecified atom stereocenters. The molecular formula is C52H35NOS. The molecule has 0 saturated heterocycles. The van der Waals surface area contributed by atoms with Crippen molar-refractivity contribution in [3.63, 3.8) is 0 Å². The van der Waals surface area contributed by atoms with Crippen LogP contribution in [0.2, 0.25) is 0 Å². The van der Waals surface area contributed by atoms with E-state index < -0.39 is 5.41 Å². The average Bonchev–Trinajstić information content (AvgIpc) is 3.85. The highest BCUT2D eigenvalue weighted by molar-refractivity contribution is 7.20. The summed E-state index contributed by atoms with van der Waals surface area (Å²) in [6.45, 7) is 6.36. The number of ether oxygens (including phenoxy) is 1. The predicted molar refractivity (Wildman–Crippen MR) is 231 cm³/mol. The second-order valence-electron chi connectivity index (χ2n) is 14.5. The maximum Gasteiger partial charge on any atom is 0.152 e. The topological polar surface area (TPSA) is 12.5 Å². The fourth-order valence-electron chi connectivity index (χ4n) is 9.26. The molecule has 0 fully saturated rings. The van der Waals surface area contributed by atoms with Crippen molar-refractivity contribution in [2.45, 2.75) is 12.3 Å². The number of allylic oxidation sites excluding steroid dienone is 5. The lowest BCUT2D eigenvalue weighted by Crippen LogP contribution is -2.26. The van der Waals surface area contributed by atoms with Crippen molar-refractivity contribution in [1.29, 1.82) is 0 Å². The summed E-state index contributed by atoms with van der Waals surface area (Å²) in [5.41, 5.74) is 16.4. The molecule has 2 aliphatic carbocycles. The number of hydrogen-bond acceptors (Lipinski definition) is 3. The van der Waals surface area contributed by atoms with Gasteiger partial charge in [0.25, 0.3) is 0 Å². The summed E-state index contributed by atoms with van der Waals surface area (Å²) >= 11 is 1.93. The van der Waals surface area contributed by atoms with Gasteiger partial charge in [-0.1, -0.05) is 146 Å². The molecule has 7 aromatic carbocycles. The number of fused-ring (bicyclic) bond motifs is 11. The number of hydrogen-bond donors (Lipinski definition) is 0. The molecule has 8 aromatic rings. The van der Waals surface area contributed by atoms with E-state index in [-0.39, 0.29) is 0 Å². The van der Waals surface area contributed by atoms with Crippen LogP contribution in [0.5, 0.6) is 11.5 Å². The van der Waals surface area contributed by atoms with Gasteiger partial charge in [-0.25, -0.2) is 0 Å². The van der Waals surface area contributed by atoms with Crippen LogP contribution in [0.1, 0.15) is 28.5 Å². The Bertz CT molecular complexity index is 2840. The lowest BCUT2D eigenvalue weighted by molar-refractivity contribution is 0.477. The Morgan fingerprint density at radius 2 is 1.24 bits per heavy atom. The zero-order chi connectivity index (χ0) is 36.7. The lowest BCUT2D eigenvalue weighted by Gasteiger charge is -2.35. The molecule has 3 aliphatic rings. The highest BCUT2D eigenvalue weighted by atomic mass is 32.1. The molecule has 3 heteroatoms. The minimum absolute atomic E-state index is 0.475. The maximum atomic E-state index is 6.88. The standard InChI is InChI=1S/C52H35NOS/c1-3-4-21-42-33(2)39-19-11-13-22-43(39)52(42)44-32-38(26-27-40(44)50-41-20-12-14-23-49(41)55-51(50)52)53-45-28-24-36(34-15-7-5-8-16-34)30-47(45)54-48-31-37(25-29-46(48)53)35-17-9-6-10-18-35/h3-32H,1H2,2H3/b21-4-. The van der Waals surface area contributed by atoms with Gasteiger partial charge < -0.3 is 9.64 Å². The Hall–Kier alpha value is -6.68. The van der Waals surface area contributed by atoms with Crippen molar-refractivity contribution in [3.8, 4) is 44.9 Å². The first-order valence-electron chi connectivity index (χ1n) is 18.8. The molecule has 55 heavy (non-hydrogen) atoms. The molecule has 1 aromatic heterocycles. The Balaban J connectivity index is 1.18. The Labute approximate surface area is 325 Å². The van der Waals surface area contributed by atoms with Crippen LogP contribution in [0.15, 0.2) is 194 Å². The van der Waals surface area contributed by atoms with Crippen LogP contribution >= 0.6 is 11.3 Å². The SMILES string of the molecule is C=C/C=C\C1=C(C)c2ccccc2C12c1cc(N3c4ccc(-c5ccccc5)cc4Oc4cc(-c5ccccc5)ccc43)ccc1-c1c2sc2ccccc12. The smallest absolute Gasteiger partial charge is 0.152 e. The van der Waals surface area contributed by atoms with Crippen LogP contribution in [-0.2, 0) is 5.41 Å². The molecule has 2 heterocycles. The van der Waals surface area contributed by atoms with Crippen molar-refractivity contribution in [2.24, 2.45) is 0 Å². The van der Waals surface area contributed by atoms with Gasteiger partial charge in [0.15, 0.2) is 11.5 Å². The van der Waals surface area contributed by atoms with E-state index in [4.69, 9.17) is 4.74 Å². The van der Waals surface area contributed by atoms with Crippen LogP contribution in [-0.4, -0.2) is 0 Å². The normalized spacial score (nSPS) is 16.2. The second kappa shape index (κ2) is 12.2. The summed E-state index contributed by atoms with van der Waals surface area (Å²) in [7, 11) is 0. The first kappa shape index (κ1) is 31.8. The summed E-state index contributed by atoms with van der Waals surface area (Å²) in [6.07, 6.45) is 6.29. The van der Waals surface area contributed by atoms with E-state index in [2.05, 4.69) is 194 Å². The number of benzene rings is 7. The van der Waals surface area contributed by atoms with Gasteiger partial charge in [-0.15, -0.1) is 11.3 Å². The number of nitrogens with zero attached hydrogens (tertiary/aromatic N) is 1. The molecule has 0 saturated carbocycles. The number of thiophene rings is 1. The Morgan fingerprint density at radius 1 is 0.600 bits per heavy atom. The van der Waals surface area contributed by atoms with E-state index >= 15 is 0 Å². The zero-order valence-corrected chi connectivity index (χ0v) is 31.1. The molecule has 0 N–H and O–H groups in total. The van der Waals surface area contributed by atoms with E-state index in [1.165, 1.54) is 53.9 Å². The van der Waals surface area contributed by atoms with Gasteiger partial charge >= 0.3 is 0 Å². The highest BCUT2D eigenvalue weighted by Crippen LogP contribution is 2.66. The predicted octanol–water partition coefficient (Wildman–Crippen LogP) is 14.7. The molecular weight excluding hydrogens is 687 g/mol. The lowest BCUT2D eigenvalue weighted by atomic mass is 9.72. The van der Waals surface area contributed by atoms with Crippen LogP contribution in [0.25, 0.3) is 49.0 Å². The van der Waals surface area contributed by atoms with E-state index in [1.54, 1.807) is 0 Å². The van der Waals surface area contributed by atoms with Gasteiger partial charge in [-0.05, 0) is 105 Å². The third kappa shape index (κ3) is 4.54. The summed E-state index contributed by atoms with van der Waals surface area (Å²) in [5, 5.41) is 1.31. The largest absolute Gasteiger partial charge is 0.453 e. The molecule has 0 bridgehead atoms. The first-order chi connectivity index (χ1) is 27.1. The second-order valence-corrected chi connectivity index (χ2v) is 15.5. The van der Waals surface area contributed by atoms with E-state index in [1.807, 2.05) is 17.4 Å². The highest BCUT2D eigenvalue weighted by Gasteiger charge is 2.53. The van der Waals surface area contributed by atoms with Gasteiger partial charge in [0, 0.05) is 26.2 Å². The van der Waals surface area contributed by atoms with Crippen LogP contribution < -0.4 is 9.64 Å². The summed E-state index contributed by atoms with van der Waals surface area (Å²) < 4.78 is 8.20. The summed E-state index contributed by atoms with van der Waals surface area (Å²) in [5.74, 6) is 1.66. The van der Waals surface area contributed by atoms with Gasteiger partial charge in [0.2, 0.25) is 0 Å². The Kier molecular flexibility index (Phi) is 7.04. The van der Waals surface area contributed by atoms with Gasteiger partial charge in [-0.2, -0.15) is 0 Å². The third-order valence-corrected chi connectivity index (χ3v) is 12.9.